The summed E-state index contributed by atoms with van der Waals surface area (Å²) >= 11 is 1.57. The number of ether oxygens (including phenoxy) is 2. The number of thiophene rings is 1. The molecular formula is C20H35NO3S. The highest BCUT2D eigenvalue weighted by molar-refractivity contribution is 7.08. The van der Waals surface area contributed by atoms with Gasteiger partial charge < -0.3 is 14.8 Å². The first-order chi connectivity index (χ1) is 11.7. The molecule has 0 radical (unpaired) electrons. The van der Waals surface area contributed by atoms with Crippen LogP contribution in [0.2, 0.25) is 0 Å². The van der Waals surface area contributed by atoms with Gasteiger partial charge in [0.1, 0.15) is 0 Å². The second-order valence-electron chi connectivity index (χ2n) is 8.23. The van der Waals surface area contributed by atoms with Crippen molar-refractivity contribution in [2.75, 3.05) is 33.0 Å². The number of rotatable bonds is 12. The van der Waals surface area contributed by atoms with Crippen molar-refractivity contribution in [3.05, 3.63) is 21.9 Å². The van der Waals surface area contributed by atoms with Gasteiger partial charge in [0.25, 0.3) is 5.91 Å². The van der Waals surface area contributed by atoms with Crippen LogP contribution in [0.15, 0.2) is 10.8 Å². The average molecular weight is 370 g/mol. The van der Waals surface area contributed by atoms with Gasteiger partial charge in [-0.25, -0.2) is 0 Å². The minimum absolute atomic E-state index is 0.0352. The quantitative estimate of drug-likeness (QED) is 0.545. The van der Waals surface area contributed by atoms with E-state index in [0.29, 0.717) is 19.8 Å². The van der Waals surface area contributed by atoms with Crippen molar-refractivity contribution in [3.8, 4) is 0 Å². The lowest BCUT2D eigenvalue weighted by atomic mass is 9.74. The zero-order valence-corrected chi connectivity index (χ0v) is 17.6. The first-order valence-electron chi connectivity index (χ1n) is 9.13. The van der Waals surface area contributed by atoms with Gasteiger partial charge in [-0.15, -0.1) is 0 Å². The fourth-order valence-electron chi connectivity index (χ4n) is 3.25. The molecule has 25 heavy (non-hydrogen) atoms. The number of carbonyl (C=O) groups excluding carboxylic acids is 1. The number of amides is 1. The van der Waals surface area contributed by atoms with Crippen molar-refractivity contribution in [3.63, 3.8) is 0 Å². The van der Waals surface area contributed by atoms with Gasteiger partial charge in [0, 0.05) is 18.5 Å². The lowest BCUT2D eigenvalue weighted by Gasteiger charge is -2.35. The molecule has 1 N–H and O–H groups in total. The highest BCUT2D eigenvalue weighted by atomic mass is 32.1. The van der Waals surface area contributed by atoms with Crippen molar-refractivity contribution < 1.29 is 14.3 Å². The maximum absolute atomic E-state index is 12.2. The molecule has 0 bridgehead atoms. The Kier molecular flexibility index (Phi) is 9.11. The molecule has 5 heteroatoms. The normalized spacial score (nSPS) is 12.4. The van der Waals surface area contributed by atoms with Crippen LogP contribution in [-0.2, 0) is 9.47 Å². The van der Waals surface area contributed by atoms with E-state index in [0.717, 1.165) is 37.2 Å². The fourth-order valence-corrected chi connectivity index (χ4v) is 4.08. The molecule has 0 aliphatic heterocycles. The molecule has 1 aromatic rings. The zero-order valence-electron chi connectivity index (χ0n) is 16.7. The maximum Gasteiger partial charge on any atom is 0.252 e. The summed E-state index contributed by atoms with van der Waals surface area (Å²) in [6.07, 6.45) is 1.99. The first kappa shape index (κ1) is 22.1. The highest BCUT2D eigenvalue weighted by Crippen LogP contribution is 2.36. The Bertz CT molecular complexity index is 523. The van der Waals surface area contributed by atoms with Crippen LogP contribution in [0.4, 0.5) is 0 Å². The fraction of sp³-hybridized carbons (Fsp3) is 0.750. The average Bonchev–Trinajstić information content (AvgIpc) is 2.91. The molecule has 1 rings (SSSR count). The van der Waals surface area contributed by atoms with Crippen LogP contribution in [0.3, 0.4) is 0 Å². The SMILES string of the molecule is CCOCCOCC(C)(C)CC(C)(C)CCNC(=O)c1cscc1C. The van der Waals surface area contributed by atoms with Crippen molar-refractivity contribution in [1.82, 2.24) is 5.32 Å². The number of nitrogens with one attached hydrogen (secondary N) is 1. The van der Waals surface area contributed by atoms with Crippen molar-refractivity contribution in [2.24, 2.45) is 10.8 Å². The Hall–Kier alpha value is -0.910. The third-order valence-electron chi connectivity index (χ3n) is 4.21. The number of aryl methyl sites for hydroxylation is 1. The summed E-state index contributed by atoms with van der Waals surface area (Å²) in [7, 11) is 0. The summed E-state index contributed by atoms with van der Waals surface area (Å²) in [5.41, 5.74) is 2.09. The van der Waals surface area contributed by atoms with Gasteiger partial charge in [0.2, 0.25) is 0 Å². The summed E-state index contributed by atoms with van der Waals surface area (Å²) in [4.78, 5) is 12.2. The van der Waals surface area contributed by atoms with Gasteiger partial charge in [-0.05, 0) is 48.5 Å². The molecule has 1 heterocycles. The van der Waals surface area contributed by atoms with Gasteiger partial charge in [-0.1, -0.05) is 27.7 Å². The maximum atomic E-state index is 12.2. The Balaban J connectivity index is 2.33. The lowest BCUT2D eigenvalue weighted by molar-refractivity contribution is 0.00332. The summed E-state index contributed by atoms with van der Waals surface area (Å²) in [6.45, 7) is 16.4. The minimum atomic E-state index is 0.0352. The topological polar surface area (TPSA) is 47.6 Å². The molecule has 0 atom stereocenters. The smallest absolute Gasteiger partial charge is 0.252 e. The second kappa shape index (κ2) is 10.3. The van der Waals surface area contributed by atoms with E-state index < -0.39 is 0 Å². The standard InChI is InChI=1S/C20H35NO3S/c1-7-23-10-11-24-15-20(5,6)14-19(3,4)8-9-21-18(22)17-13-25-12-16(17)2/h12-13H,7-11,14-15H2,1-6H3,(H,21,22). The summed E-state index contributed by atoms with van der Waals surface area (Å²) in [6, 6.07) is 0. The van der Waals surface area contributed by atoms with Crippen LogP contribution in [0.1, 0.15) is 63.4 Å². The molecule has 0 fully saturated rings. The van der Waals surface area contributed by atoms with Crippen LogP contribution in [0.5, 0.6) is 0 Å². The molecule has 0 aliphatic carbocycles. The van der Waals surface area contributed by atoms with Crippen molar-refractivity contribution in [2.45, 2.75) is 54.4 Å². The third-order valence-corrected chi connectivity index (χ3v) is 5.07. The summed E-state index contributed by atoms with van der Waals surface area (Å²) < 4.78 is 11.1. The number of carbonyl (C=O) groups is 1. The first-order valence-corrected chi connectivity index (χ1v) is 10.1. The third kappa shape index (κ3) is 8.84. The van der Waals surface area contributed by atoms with E-state index in [9.17, 15) is 4.79 Å². The van der Waals surface area contributed by atoms with Crippen LogP contribution < -0.4 is 5.32 Å². The van der Waals surface area contributed by atoms with Crippen LogP contribution >= 0.6 is 11.3 Å². The van der Waals surface area contributed by atoms with Crippen LogP contribution in [0, 0.1) is 17.8 Å². The van der Waals surface area contributed by atoms with E-state index in [-0.39, 0.29) is 16.7 Å². The molecule has 0 saturated heterocycles. The van der Waals surface area contributed by atoms with Gasteiger partial charge in [0.15, 0.2) is 0 Å². The molecule has 0 aromatic carbocycles. The predicted molar refractivity (Wildman–Crippen MR) is 105 cm³/mol. The molecule has 0 saturated carbocycles. The van der Waals surface area contributed by atoms with Gasteiger partial charge in [-0.2, -0.15) is 11.3 Å². The molecule has 4 nitrogen and oxygen atoms in total. The van der Waals surface area contributed by atoms with E-state index in [1.165, 1.54) is 0 Å². The monoisotopic (exact) mass is 369 g/mol. The van der Waals surface area contributed by atoms with E-state index in [4.69, 9.17) is 9.47 Å². The zero-order chi connectivity index (χ0) is 18.9. The van der Waals surface area contributed by atoms with E-state index in [1.54, 1.807) is 11.3 Å². The molecule has 0 spiro atoms. The van der Waals surface area contributed by atoms with Gasteiger partial charge >= 0.3 is 0 Å². The van der Waals surface area contributed by atoms with E-state index >= 15 is 0 Å². The Morgan fingerprint density at radius 1 is 1.12 bits per heavy atom. The highest BCUT2D eigenvalue weighted by Gasteiger charge is 2.29. The Labute approximate surface area is 157 Å². The minimum Gasteiger partial charge on any atom is -0.379 e. The Morgan fingerprint density at radius 2 is 1.80 bits per heavy atom. The summed E-state index contributed by atoms with van der Waals surface area (Å²) in [5, 5.41) is 6.98. The number of hydrogen-bond acceptors (Lipinski definition) is 4. The molecule has 144 valence electrons. The van der Waals surface area contributed by atoms with Crippen molar-refractivity contribution in [1.29, 1.82) is 0 Å². The van der Waals surface area contributed by atoms with E-state index in [1.807, 2.05) is 24.6 Å². The molecular weight excluding hydrogens is 334 g/mol. The molecule has 1 amide bonds. The largest absolute Gasteiger partial charge is 0.379 e. The van der Waals surface area contributed by atoms with Gasteiger partial charge in [0.05, 0.1) is 25.4 Å². The lowest BCUT2D eigenvalue weighted by Crippen LogP contribution is -2.32. The predicted octanol–water partition coefficient (Wildman–Crippen LogP) is 4.67. The second-order valence-corrected chi connectivity index (χ2v) is 8.97. The van der Waals surface area contributed by atoms with Crippen molar-refractivity contribution >= 4 is 17.2 Å². The van der Waals surface area contributed by atoms with Crippen LogP contribution in [0.25, 0.3) is 0 Å². The Morgan fingerprint density at radius 3 is 2.40 bits per heavy atom. The van der Waals surface area contributed by atoms with Crippen LogP contribution in [-0.4, -0.2) is 38.9 Å². The molecule has 0 aliphatic rings. The summed E-state index contributed by atoms with van der Waals surface area (Å²) in [5.74, 6) is 0.0352. The van der Waals surface area contributed by atoms with Gasteiger partial charge in [-0.3, -0.25) is 4.79 Å². The molecule has 1 aromatic heterocycles. The van der Waals surface area contributed by atoms with E-state index in [2.05, 4.69) is 33.0 Å². The molecule has 0 unspecified atom stereocenters. The number of hydrogen-bond donors (Lipinski definition) is 1.